The van der Waals surface area contributed by atoms with Gasteiger partial charge in [0.15, 0.2) is 0 Å². The van der Waals surface area contributed by atoms with Gasteiger partial charge in [-0.2, -0.15) is 0 Å². The lowest BCUT2D eigenvalue weighted by atomic mass is 9.82. The summed E-state index contributed by atoms with van der Waals surface area (Å²) in [7, 11) is 0. The highest BCUT2D eigenvalue weighted by atomic mass is 35.5. The van der Waals surface area contributed by atoms with E-state index in [1.165, 1.54) is 0 Å². The number of hydrogen-bond acceptors (Lipinski definition) is 3. The lowest BCUT2D eigenvalue weighted by molar-refractivity contribution is 0.0674. The van der Waals surface area contributed by atoms with Gasteiger partial charge in [0.2, 0.25) is 0 Å². The van der Waals surface area contributed by atoms with Gasteiger partial charge >= 0.3 is 0 Å². The predicted octanol–water partition coefficient (Wildman–Crippen LogP) is 1.55. The third-order valence-electron chi connectivity index (χ3n) is 3.04. The van der Waals surface area contributed by atoms with Crippen molar-refractivity contribution < 1.29 is 9.53 Å². The van der Waals surface area contributed by atoms with Gasteiger partial charge < -0.3 is 16.2 Å². The summed E-state index contributed by atoms with van der Waals surface area (Å²) in [5.74, 6) is 0.419. The summed E-state index contributed by atoms with van der Waals surface area (Å²) in [4.78, 5) is 11.3. The topological polar surface area (TPSA) is 78.3 Å². The van der Waals surface area contributed by atoms with Crippen LogP contribution in [-0.4, -0.2) is 18.6 Å². The van der Waals surface area contributed by atoms with Crippen molar-refractivity contribution >= 4 is 17.5 Å². The van der Waals surface area contributed by atoms with Crippen LogP contribution in [0.2, 0.25) is 5.02 Å². The number of carbonyl (C=O) groups excluding carboxylic acids is 1. The zero-order chi connectivity index (χ0) is 12.4. The maximum atomic E-state index is 11.3. The molecular formula is C12H15ClN2O2. The van der Waals surface area contributed by atoms with Gasteiger partial charge in [0.05, 0.1) is 16.7 Å². The minimum Gasteiger partial charge on any atom is -0.490 e. The summed E-state index contributed by atoms with van der Waals surface area (Å²) < 4.78 is 5.71. The van der Waals surface area contributed by atoms with Crippen LogP contribution in [0.15, 0.2) is 18.2 Å². The number of rotatable bonds is 4. The number of nitrogens with two attached hydrogens (primary N) is 2. The Balaban J connectivity index is 2.11. The van der Waals surface area contributed by atoms with E-state index >= 15 is 0 Å². The molecule has 0 spiro atoms. The van der Waals surface area contributed by atoms with Crippen molar-refractivity contribution in [1.29, 1.82) is 0 Å². The number of ether oxygens (including phenoxy) is 1. The van der Waals surface area contributed by atoms with E-state index in [0.29, 0.717) is 23.2 Å². The molecular weight excluding hydrogens is 240 g/mol. The lowest BCUT2D eigenvalue weighted by Gasteiger charge is -2.34. The zero-order valence-corrected chi connectivity index (χ0v) is 10.1. The molecule has 4 nitrogen and oxygen atoms in total. The quantitative estimate of drug-likeness (QED) is 0.856. The zero-order valence-electron chi connectivity index (χ0n) is 9.36. The van der Waals surface area contributed by atoms with E-state index in [0.717, 1.165) is 12.8 Å². The fraction of sp³-hybridized carbons (Fsp3) is 0.417. The highest BCUT2D eigenvalue weighted by molar-refractivity contribution is 6.34. The third kappa shape index (κ3) is 2.53. The van der Waals surface area contributed by atoms with E-state index in [-0.39, 0.29) is 11.7 Å². The van der Waals surface area contributed by atoms with Crippen LogP contribution in [-0.2, 0) is 0 Å². The van der Waals surface area contributed by atoms with Gasteiger partial charge in [-0.25, -0.2) is 0 Å². The largest absolute Gasteiger partial charge is 0.490 e. The Labute approximate surface area is 105 Å². The highest BCUT2D eigenvalue weighted by Crippen LogP contribution is 2.33. The second-order valence-corrected chi connectivity index (χ2v) is 4.70. The molecule has 0 aromatic heterocycles. The average Bonchev–Trinajstić information content (AvgIpc) is 2.22. The van der Waals surface area contributed by atoms with Gasteiger partial charge in [-0.3, -0.25) is 4.79 Å². The van der Waals surface area contributed by atoms with Gasteiger partial charge in [0.25, 0.3) is 5.91 Å². The van der Waals surface area contributed by atoms with Crippen molar-refractivity contribution in [2.45, 2.75) is 18.9 Å². The van der Waals surface area contributed by atoms with Crippen molar-refractivity contribution in [3.8, 4) is 5.75 Å². The predicted molar refractivity (Wildman–Crippen MR) is 66.2 cm³/mol. The summed E-state index contributed by atoms with van der Waals surface area (Å²) in [6, 6.07) is 5.07. The maximum absolute atomic E-state index is 11.3. The number of hydrogen-bond donors (Lipinski definition) is 2. The molecule has 1 aromatic rings. The monoisotopic (exact) mass is 254 g/mol. The number of primary amides is 1. The van der Waals surface area contributed by atoms with E-state index in [1.54, 1.807) is 18.2 Å². The van der Waals surface area contributed by atoms with Crippen molar-refractivity contribution in [2.24, 2.45) is 17.4 Å². The summed E-state index contributed by atoms with van der Waals surface area (Å²) >= 11 is 5.92. The van der Waals surface area contributed by atoms with Crippen LogP contribution in [0.5, 0.6) is 5.75 Å². The first kappa shape index (κ1) is 12.2. The van der Waals surface area contributed by atoms with Crippen LogP contribution in [0.4, 0.5) is 0 Å². The Morgan fingerprint density at radius 1 is 1.47 bits per heavy atom. The molecule has 1 aromatic carbocycles. The molecule has 0 heterocycles. The van der Waals surface area contributed by atoms with Crippen LogP contribution in [0, 0.1) is 5.92 Å². The summed E-state index contributed by atoms with van der Waals surface area (Å²) in [6.07, 6.45) is 1.95. The van der Waals surface area contributed by atoms with Crippen LogP contribution in [0.3, 0.4) is 0 Å². The molecule has 17 heavy (non-hydrogen) atoms. The Morgan fingerprint density at radius 2 is 2.18 bits per heavy atom. The molecule has 0 unspecified atom stereocenters. The first-order valence-corrected chi connectivity index (χ1v) is 5.94. The SMILES string of the molecule is NCC1CC(Oc2cccc(Cl)c2C(N)=O)C1. The lowest BCUT2D eigenvalue weighted by Crippen LogP contribution is -2.38. The molecule has 5 heteroatoms. The van der Waals surface area contributed by atoms with E-state index < -0.39 is 5.91 Å². The number of amides is 1. The molecule has 1 saturated carbocycles. The molecule has 0 atom stereocenters. The molecule has 2 rings (SSSR count). The van der Waals surface area contributed by atoms with Gasteiger partial charge in [-0.1, -0.05) is 17.7 Å². The molecule has 1 aliphatic carbocycles. The highest BCUT2D eigenvalue weighted by Gasteiger charge is 2.30. The van der Waals surface area contributed by atoms with Gasteiger partial charge in [0.1, 0.15) is 5.75 Å². The molecule has 0 saturated heterocycles. The second-order valence-electron chi connectivity index (χ2n) is 4.29. The van der Waals surface area contributed by atoms with E-state index in [4.69, 9.17) is 27.8 Å². The second kappa shape index (κ2) is 4.94. The Kier molecular flexibility index (Phi) is 3.54. The van der Waals surface area contributed by atoms with Crippen LogP contribution < -0.4 is 16.2 Å². The number of benzene rings is 1. The summed E-state index contributed by atoms with van der Waals surface area (Å²) in [5, 5.41) is 0.324. The third-order valence-corrected chi connectivity index (χ3v) is 3.36. The summed E-state index contributed by atoms with van der Waals surface area (Å²) in [5.41, 5.74) is 11.1. The standard InChI is InChI=1S/C12H15ClN2O2/c13-9-2-1-3-10(11(9)12(15)16)17-8-4-7(5-8)6-14/h1-3,7-8H,4-6,14H2,(H2,15,16). The molecule has 0 bridgehead atoms. The molecule has 1 amide bonds. The van der Waals surface area contributed by atoms with Crippen LogP contribution in [0.25, 0.3) is 0 Å². The van der Waals surface area contributed by atoms with E-state index in [9.17, 15) is 4.79 Å². The van der Waals surface area contributed by atoms with Crippen molar-refractivity contribution in [2.75, 3.05) is 6.54 Å². The van der Waals surface area contributed by atoms with Gasteiger partial charge in [-0.05, 0) is 37.4 Å². The van der Waals surface area contributed by atoms with Crippen molar-refractivity contribution in [1.82, 2.24) is 0 Å². The Bertz CT molecular complexity index is 431. The normalized spacial score (nSPS) is 22.9. The number of halogens is 1. The van der Waals surface area contributed by atoms with E-state index in [2.05, 4.69) is 0 Å². The Hall–Kier alpha value is -1.26. The average molecular weight is 255 g/mol. The number of carbonyl (C=O) groups is 1. The fourth-order valence-electron chi connectivity index (χ4n) is 1.98. The Morgan fingerprint density at radius 3 is 2.76 bits per heavy atom. The minimum atomic E-state index is -0.569. The first-order chi connectivity index (χ1) is 8.11. The van der Waals surface area contributed by atoms with Gasteiger partial charge in [-0.15, -0.1) is 0 Å². The maximum Gasteiger partial charge on any atom is 0.253 e. The smallest absolute Gasteiger partial charge is 0.253 e. The van der Waals surface area contributed by atoms with Crippen molar-refractivity contribution in [3.63, 3.8) is 0 Å². The summed E-state index contributed by atoms with van der Waals surface area (Å²) in [6.45, 7) is 0.679. The van der Waals surface area contributed by atoms with Gasteiger partial charge in [0, 0.05) is 0 Å². The molecule has 4 N–H and O–H groups in total. The molecule has 92 valence electrons. The van der Waals surface area contributed by atoms with Crippen LogP contribution >= 0.6 is 11.6 Å². The van der Waals surface area contributed by atoms with E-state index in [1.807, 2.05) is 0 Å². The van der Waals surface area contributed by atoms with Crippen molar-refractivity contribution in [3.05, 3.63) is 28.8 Å². The molecule has 1 aliphatic rings. The molecule has 1 fully saturated rings. The minimum absolute atomic E-state index is 0.111. The molecule has 0 aliphatic heterocycles. The van der Waals surface area contributed by atoms with Crippen LogP contribution in [0.1, 0.15) is 23.2 Å². The first-order valence-electron chi connectivity index (χ1n) is 5.57. The molecule has 0 radical (unpaired) electrons. The fourth-order valence-corrected chi connectivity index (χ4v) is 2.24.